The molecule has 2 aliphatic rings. The number of hydrogen-bond donors (Lipinski definition) is 0. The van der Waals surface area contributed by atoms with E-state index >= 15 is 0 Å². The first kappa shape index (κ1) is 16.3. The van der Waals surface area contributed by atoms with Crippen LogP contribution in [0.3, 0.4) is 0 Å². The van der Waals surface area contributed by atoms with Crippen LogP contribution in [-0.4, -0.2) is 42.8 Å². The molecule has 0 N–H and O–H groups in total. The van der Waals surface area contributed by atoms with Crippen LogP contribution in [0, 0.1) is 0 Å². The molecule has 4 rings (SSSR count). The van der Waals surface area contributed by atoms with Gasteiger partial charge in [0.1, 0.15) is 12.1 Å². The van der Waals surface area contributed by atoms with Gasteiger partial charge in [-0.3, -0.25) is 0 Å². The maximum Gasteiger partial charge on any atom is 0.137 e. The summed E-state index contributed by atoms with van der Waals surface area (Å²) in [6.45, 7) is 9.94. The standard InChI is InChI=1S/C20H26N4O/c1-15(2)16-5-3-4-6-19(16)23-8-10-24(11-9-23)20-17-13-25-12-7-18(17)21-14-22-20/h3-6,14-15H,7-13H2,1-2H3. The highest BCUT2D eigenvalue weighted by Gasteiger charge is 2.24. The van der Waals surface area contributed by atoms with E-state index in [9.17, 15) is 0 Å². The van der Waals surface area contributed by atoms with Crippen LogP contribution in [0.25, 0.3) is 0 Å². The van der Waals surface area contributed by atoms with Crippen LogP contribution in [0.4, 0.5) is 11.5 Å². The van der Waals surface area contributed by atoms with E-state index < -0.39 is 0 Å². The molecule has 1 aromatic heterocycles. The van der Waals surface area contributed by atoms with Crippen molar-refractivity contribution in [3.63, 3.8) is 0 Å². The quantitative estimate of drug-likeness (QED) is 0.860. The molecule has 2 aromatic rings. The van der Waals surface area contributed by atoms with Gasteiger partial charge in [-0.1, -0.05) is 32.0 Å². The zero-order chi connectivity index (χ0) is 17.2. The van der Waals surface area contributed by atoms with Crippen LogP contribution in [0.5, 0.6) is 0 Å². The van der Waals surface area contributed by atoms with Crippen LogP contribution in [0.2, 0.25) is 0 Å². The molecule has 1 saturated heterocycles. The summed E-state index contributed by atoms with van der Waals surface area (Å²) >= 11 is 0. The lowest BCUT2D eigenvalue weighted by molar-refractivity contribution is 0.109. The summed E-state index contributed by atoms with van der Waals surface area (Å²) in [7, 11) is 0. The molecule has 2 aliphatic heterocycles. The lowest BCUT2D eigenvalue weighted by atomic mass is 10.00. The van der Waals surface area contributed by atoms with Gasteiger partial charge in [-0.05, 0) is 17.5 Å². The fraction of sp³-hybridized carbons (Fsp3) is 0.500. The molecule has 0 spiro atoms. The summed E-state index contributed by atoms with van der Waals surface area (Å²) in [5.41, 5.74) is 5.16. The van der Waals surface area contributed by atoms with Crippen LogP contribution in [0.15, 0.2) is 30.6 Å². The molecule has 3 heterocycles. The monoisotopic (exact) mass is 338 g/mol. The van der Waals surface area contributed by atoms with E-state index in [1.807, 2.05) is 0 Å². The second kappa shape index (κ2) is 7.00. The van der Waals surface area contributed by atoms with Gasteiger partial charge < -0.3 is 14.5 Å². The molecule has 0 atom stereocenters. The van der Waals surface area contributed by atoms with Crippen molar-refractivity contribution in [2.24, 2.45) is 0 Å². The van der Waals surface area contributed by atoms with Gasteiger partial charge in [-0.15, -0.1) is 0 Å². The fourth-order valence-electron chi connectivity index (χ4n) is 3.84. The number of para-hydroxylation sites is 1. The lowest BCUT2D eigenvalue weighted by Crippen LogP contribution is -2.47. The summed E-state index contributed by atoms with van der Waals surface area (Å²) in [4.78, 5) is 13.9. The summed E-state index contributed by atoms with van der Waals surface area (Å²) < 4.78 is 5.64. The van der Waals surface area contributed by atoms with Crippen LogP contribution in [-0.2, 0) is 17.8 Å². The van der Waals surface area contributed by atoms with E-state index in [-0.39, 0.29) is 0 Å². The van der Waals surface area contributed by atoms with Crippen LogP contribution >= 0.6 is 0 Å². The normalized spacial score (nSPS) is 17.7. The molecular formula is C20H26N4O. The second-order valence-corrected chi connectivity index (χ2v) is 7.11. The van der Waals surface area contributed by atoms with E-state index in [1.54, 1.807) is 6.33 Å². The number of ether oxygens (including phenoxy) is 1. The first-order valence-corrected chi connectivity index (χ1v) is 9.23. The number of rotatable bonds is 3. The number of benzene rings is 1. The number of aromatic nitrogens is 2. The Morgan fingerprint density at radius 1 is 1.00 bits per heavy atom. The van der Waals surface area contributed by atoms with Gasteiger partial charge in [0.15, 0.2) is 0 Å². The van der Waals surface area contributed by atoms with Crippen molar-refractivity contribution < 1.29 is 4.74 Å². The average Bonchev–Trinajstić information content (AvgIpc) is 2.68. The molecule has 1 aromatic carbocycles. The molecule has 5 nitrogen and oxygen atoms in total. The molecule has 0 amide bonds. The molecule has 0 unspecified atom stereocenters. The van der Waals surface area contributed by atoms with Gasteiger partial charge in [0.2, 0.25) is 0 Å². The van der Waals surface area contributed by atoms with Gasteiger partial charge in [-0.2, -0.15) is 0 Å². The summed E-state index contributed by atoms with van der Waals surface area (Å²) in [5, 5.41) is 0. The van der Waals surface area contributed by atoms with Crippen LogP contribution < -0.4 is 9.80 Å². The SMILES string of the molecule is CC(C)c1ccccc1N1CCN(c2ncnc3c2COCC3)CC1. The Morgan fingerprint density at radius 2 is 1.76 bits per heavy atom. The topological polar surface area (TPSA) is 41.5 Å². The maximum absolute atomic E-state index is 5.64. The fourth-order valence-corrected chi connectivity index (χ4v) is 3.84. The number of hydrogen-bond acceptors (Lipinski definition) is 5. The largest absolute Gasteiger partial charge is 0.376 e. The Balaban J connectivity index is 1.51. The molecule has 0 radical (unpaired) electrons. The van der Waals surface area contributed by atoms with E-state index in [1.165, 1.54) is 16.8 Å². The Bertz CT molecular complexity index is 738. The minimum Gasteiger partial charge on any atom is -0.376 e. The Morgan fingerprint density at radius 3 is 2.56 bits per heavy atom. The molecule has 0 bridgehead atoms. The third-order valence-electron chi connectivity index (χ3n) is 5.22. The molecule has 1 fully saturated rings. The molecule has 25 heavy (non-hydrogen) atoms. The highest BCUT2D eigenvalue weighted by molar-refractivity contribution is 5.57. The number of anilines is 2. The highest BCUT2D eigenvalue weighted by Crippen LogP contribution is 2.30. The zero-order valence-corrected chi connectivity index (χ0v) is 15.1. The van der Waals surface area contributed by atoms with Crippen molar-refractivity contribution in [1.29, 1.82) is 0 Å². The van der Waals surface area contributed by atoms with E-state index in [0.29, 0.717) is 12.5 Å². The molecule has 132 valence electrons. The third-order valence-corrected chi connectivity index (χ3v) is 5.22. The number of fused-ring (bicyclic) bond motifs is 1. The first-order valence-electron chi connectivity index (χ1n) is 9.23. The van der Waals surface area contributed by atoms with E-state index in [2.05, 4.69) is 57.9 Å². The Labute approximate surface area is 149 Å². The first-order chi connectivity index (χ1) is 12.2. The Hall–Kier alpha value is -2.14. The minimum absolute atomic E-state index is 0.542. The lowest BCUT2D eigenvalue weighted by Gasteiger charge is -2.39. The van der Waals surface area contributed by atoms with Gasteiger partial charge in [0.25, 0.3) is 0 Å². The van der Waals surface area contributed by atoms with Crippen molar-refractivity contribution in [1.82, 2.24) is 9.97 Å². The molecule has 0 aliphatic carbocycles. The predicted molar refractivity (Wildman–Crippen MR) is 100 cm³/mol. The van der Waals surface area contributed by atoms with E-state index in [4.69, 9.17) is 4.74 Å². The van der Waals surface area contributed by atoms with Gasteiger partial charge >= 0.3 is 0 Å². The highest BCUT2D eigenvalue weighted by atomic mass is 16.5. The predicted octanol–water partition coefficient (Wildman–Crippen LogP) is 3.00. The van der Waals surface area contributed by atoms with Crippen molar-refractivity contribution >= 4 is 11.5 Å². The summed E-state index contributed by atoms with van der Waals surface area (Å²) in [6, 6.07) is 8.80. The van der Waals surface area contributed by atoms with Crippen molar-refractivity contribution in [2.75, 3.05) is 42.6 Å². The third kappa shape index (κ3) is 3.21. The minimum atomic E-state index is 0.542. The zero-order valence-electron chi connectivity index (χ0n) is 15.1. The number of piperazine rings is 1. The van der Waals surface area contributed by atoms with Gasteiger partial charge in [-0.25, -0.2) is 9.97 Å². The van der Waals surface area contributed by atoms with Gasteiger partial charge in [0.05, 0.1) is 18.9 Å². The van der Waals surface area contributed by atoms with Gasteiger partial charge in [0, 0.05) is 43.9 Å². The number of nitrogens with zero attached hydrogens (tertiary/aromatic N) is 4. The average molecular weight is 338 g/mol. The van der Waals surface area contributed by atoms with Crippen LogP contribution in [0.1, 0.15) is 36.6 Å². The maximum atomic E-state index is 5.64. The molecular weight excluding hydrogens is 312 g/mol. The second-order valence-electron chi connectivity index (χ2n) is 7.11. The summed E-state index contributed by atoms with van der Waals surface area (Å²) in [6.07, 6.45) is 2.60. The van der Waals surface area contributed by atoms with E-state index in [0.717, 1.165) is 50.7 Å². The van der Waals surface area contributed by atoms with Crippen molar-refractivity contribution in [2.45, 2.75) is 32.8 Å². The van der Waals surface area contributed by atoms with Crippen molar-refractivity contribution in [3.05, 3.63) is 47.4 Å². The van der Waals surface area contributed by atoms with Crippen molar-refractivity contribution in [3.8, 4) is 0 Å². The Kier molecular flexibility index (Phi) is 4.57. The molecule has 0 saturated carbocycles. The smallest absolute Gasteiger partial charge is 0.137 e. The summed E-state index contributed by atoms with van der Waals surface area (Å²) in [5.74, 6) is 1.61. The molecule has 5 heteroatoms.